The minimum Gasteiger partial charge on any atom is -0.383 e. The van der Waals surface area contributed by atoms with E-state index in [-0.39, 0.29) is 43.1 Å². The van der Waals surface area contributed by atoms with Crippen LogP contribution in [0, 0.1) is 6.92 Å². The summed E-state index contributed by atoms with van der Waals surface area (Å²) >= 11 is 0. The predicted molar refractivity (Wildman–Crippen MR) is 95.4 cm³/mol. The van der Waals surface area contributed by atoms with Gasteiger partial charge < -0.3 is 10.1 Å². The first-order valence-electron chi connectivity index (χ1n) is 8.68. The molecule has 2 saturated heterocycles. The first-order valence-corrected chi connectivity index (χ1v) is 10.3. The lowest BCUT2D eigenvalue weighted by Gasteiger charge is -2.23. The number of hydrogen-bond acceptors (Lipinski definition) is 8. The van der Waals surface area contributed by atoms with Gasteiger partial charge in [-0.3, -0.25) is 19.5 Å². The number of nitrogens with zero attached hydrogens (tertiary/aromatic N) is 4. The number of aromatic nitrogens is 2. The van der Waals surface area contributed by atoms with Crippen molar-refractivity contribution in [1.82, 2.24) is 24.5 Å². The highest BCUT2D eigenvalue weighted by Crippen LogP contribution is 2.24. The van der Waals surface area contributed by atoms with Gasteiger partial charge in [0.2, 0.25) is 10.0 Å². The normalized spacial score (nSPS) is 25.1. The summed E-state index contributed by atoms with van der Waals surface area (Å²) in [5.41, 5.74) is 0.919. The molecule has 3 heterocycles. The first kappa shape index (κ1) is 19.6. The zero-order valence-electron chi connectivity index (χ0n) is 15.3. The predicted octanol–water partition coefficient (Wildman–Crippen LogP) is -1.22. The van der Waals surface area contributed by atoms with Gasteiger partial charge >= 0.3 is 0 Å². The Morgan fingerprint density at radius 1 is 1.37 bits per heavy atom. The molecule has 1 aromatic rings. The Bertz CT molecular complexity index is 813. The second kappa shape index (κ2) is 7.87. The molecule has 0 aliphatic carbocycles. The zero-order chi connectivity index (χ0) is 19.6. The summed E-state index contributed by atoms with van der Waals surface area (Å²) in [5.74, 6) is -0.957. The third-order valence-electron chi connectivity index (χ3n) is 4.75. The summed E-state index contributed by atoms with van der Waals surface area (Å²) in [6, 6.07) is -0.840. The van der Waals surface area contributed by atoms with Gasteiger partial charge in [0.15, 0.2) is 0 Å². The van der Waals surface area contributed by atoms with Crippen molar-refractivity contribution in [3.63, 3.8) is 0 Å². The highest BCUT2D eigenvalue weighted by Gasteiger charge is 2.45. The second-order valence-corrected chi connectivity index (χ2v) is 8.69. The van der Waals surface area contributed by atoms with Gasteiger partial charge in [-0.15, -0.1) is 0 Å². The molecule has 0 spiro atoms. The van der Waals surface area contributed by atoms with Crippen LogP contribution in [0.3, 0.4) is 0 Å². The maximum atomic E-state index is 12.8. The molecule has 2 aliphatic rings. The highest BCUT2D eigenvalue weighted by atomic mass is 32.2. The van der Waals surface area contributed by atoms with E-state index in [9.17, 15) is 18.0 Å². The lowest BCUT2D eigenvalue weighted by atomic mass is 10.1. The molecule has 2 amide bonds. The van der Waals surface area contributed by atoms with Gasteiger partial charge in [0.05, 0.1) is 36.8 Å². The molecular weight excluding hydrogens is 374 g/mol. The van der Waals surface area contributed by atoms with E-state index in [1.54, 1.807) is 6.92 Å². The number of methoxy groups -OCH3 is 1. The van der Waals surface area contributed by atoms with E-state index in [1.807, 2.05) is 4.90 Å². The monoisotopic (exact) mass is 397 g/mol. The molecule has 1 N–H and O–H groups in total. The minimum atomic E-state index is -3.65. The number of aryl methyl sites for hydroxylation is 1. The largest absolute Gasteiger partial charge is 0.383 e. The number of rotatable bonds is 5. The fourth-order valence-electron chi connectivity index (χ4n) is 3.35. The topological polar surface area (TPSA) is 122 Å². The number of sulfonamides is 1. The SMILES string of the molecule is COCCN1C(=O)[C@@H]2C[C@H](NC(=O)c3cnc(C)cn3)CN2CCS1(=O)=O. The number of carbonyl (C=O) groups is 2. The molecule has 0 radical (unpaired) electrons. The van der Waals surface area contributed by atoms with E-state index in [0.717, 1.165) is 4.31 Å². The smallest absolute Gasteiger partial charge is 0.271 e. The van der Waals surface area contributed by atoms with Gasteiger partial charge in [-0.1, -0.05) is 0 Å². The summed E-state index contributed by atoms with van der Waals surface area (Å²) in [5, 5.41) is 2.86. The lowest BCUT2D eigenvalue weighted by Crippen LogP contribution is -2.45. The average molecular weight is 397 g/mol. The molecule has 2 aliphatic heterocycles. The van der Waals surface area contributed by atoms with Crippen molar-refractivity contribution in [1.29, 1.82) is 0 Å². The van der Waals surface area contributed by atoms with Crippen LogP contribution in [0.1, 0.15) is 22.6 Å². The average Bonchev–Trinajstić information content (AvgIpc) is 3.00. The summed E-state index contributed by atoms with van der Waals surface area (Å²) in [6.07, 6.45) is 3.27. The standard InChI is InChI=1S/C16H23N5O5S/c1-11-8-18-13(9-17-11)15(22)19-12-7-14-16(23)21(3-5-26-2)27(24,25)6-4-20(14)10-12/h8-9,12,14H,3-7,10H2,1-2H3,(H,19,22)/t12-,14-/m0/s1. The van der Waals surface area contributed by atoms with Crippen LogP contribution < -0.4 is 5.32 Å². The van der Waals surface area contributed by atoms with E-state index in [0.29, 0.717) is 18.7 Å². The number of nitrogens with one attached hydrogen (secondary N) is 1. The van der Waals surface area contributed by atoms with Crippen LogP contribution in [0.5, 0.6) is 0 Å². The van der Waals surface area contributed by atoms with Gasteiger partial charge in [0, 0.05) is 32.4 Å². The molecule has 2 fully saturated rings. The summed E-state index contributed by atoms with van der Waals surface area (Å²) in [4.78, 5) is 35.1. The van der Waals surface area contributed by atoms with Crippen molar-refractivity contribution in [2.45, 2.75) is 25.4 Å². The summed E-state index contributed by atoms with van der Waals surface area (Å²) < 4.78 is 30.6. The number of carbonyl (C=O) groups excluding carboxylic acids is 2. The van der Waals surface area contributed by atoms with E-state index >= 15 is 0 Å². The van der Waals surface area contributed by atoms with E-state index in [2.05, 4.69) is 15.3 Å². The van der Waals surface area contributed by atoms with Gasteiger partial charge in [-0.2, -0.15) is 0 Å². The molecule has 0 unspecified atom stereocenters. The second-order valence-electron chi connectivity index (χ2n) is 6.68. The Morgan fingerprint density at radius 2 is 2.15 bits per heavy atom. The molecule has 27 heavy (non-hydrogen) atoms. The fraction of sp³-hybridized carbons (Fsp3) is 0.625. The van der Waals surface area contributed by atoms with E-state index < -0.39 is 22.0 Å². The van der Waals surface area contributed by atoms with Crippen LogP contribution in [0.2, 0.25) is 0 Å². The molecule has 3 rings (SSSR count). The minimum absolute atomic E-state index is 0.00200. The Hall–Kier alpha value is -2.11. The number of ether oxygens (including phenoxy) is 1. The van der Waals surface area contributed by atoms with Crippen molar-refractivity contribution < 1.29 is 22.7 Å². The molecule has 2 atom stereocenters. The number of amides is 2. The molecule has 0 bridgehead atoms. The Morgan fingerprint density at radius 3 is 2.81 bits per heavy atom. The summed E-state index contributed by atoms with van der Waals surface area (Å²) in [7, 11) is -2.20. The van der Waals surface area contributed by atoms with Crippen LogP contribution in [-0.2, 0) is 19.6 Å². The third-order valence-corrected chi connectivity index (χ3v) is 6.49. The van der Waals surface area contributed by atoms with Crippen LogP contribution in [-0.4, -0.2) is 90.6 Å². The fourth-order valence-corrected chi connectivity index (χ4v) is 4.79. The molecule has 10 nitrogen and oxygen atoms in total. The quantitative estimate of drug-likeness (QED) is 0.656. The molecule has 1 aromatic heterocycles. The molecule has 11 heteroatoms. The van der Waals surface area contributed by atoms with Gasteiger partial charge in [0.25, 0.3) is 11.8 Å². The van der Waals surface area contributed by atoms with Gasteiger partial charge in [-0.05, 0) is 13.3 Å². The molecule has 0 saturated carbocycles. The Balaban J connectivity index is 1.69. The van der Waals surface area contributed by atoms with Crippen LogP contribution >= 0.6 is 0 Å². The third kappa shape index (κ3) is 4.25. The Labute approximate surface area is 158 Å². The van der Waals surface area contributed by atoms with E-state index in [4.69, 9.17) is 4.74 Å². The highest BCUT2D eigenvalue weighted by molar-refractivity contribution is 7.89. The van der Waals surface area contributed by atoms with Crippen molar-refractivity contribution >= 4 is 21.8 Å². The maximum Gasteiger partial charge on any atom is 0.271 e. The molecule has 0 aromatic carbocycles. The number of fused-ring (bicyclic) bond motifs is 1. The molecule has 148 valence electrons. The Kier molecular flexibility index (Phi) is 5.72. The van der Waals surface area contributed by atoms with E-state index in [1.165, 1.54) is 19.5 Å². The van der Waals surface area contributed by atoms with Crippen LogP contribution in [0.25, 0.3) is 0 Å². The van der Waals surface area contributed by atoms with Crippen molar-refractivity contribution in [2.24, 2.45) is 0 Å². The zero-order valence-corrected chi connectivity index (χ0v) is 16.1. The van der Waals surface area contributed by atoms with Crippen LogP contribution in [0.4, 0.5) is 0 Å². The van der Waals surface area contributed by atoms with Crippen LogP contribution in [0.15, 0.2) is 12.4 Å². The van der Waals surface area contributed by atoms with Crippen molar-refractivity contribution in [3.8, 4) is 0 Å². The van der Waals surface area contributed by atoms with Crippen molar-refractivity contribution in [3.05, 3.63) is 23.8 Å². The van der Waals surface area contributed by atoms with Crippen molar-refractivity contribution in [2.75, 3.05) is 39.1 Å². The first-order chi connectivity index (χ1) is 12.8. The summed E-state index contributed by atoms with van der Waals surface area (Å²) in [6.45, 7) is 2.58. The molecular formula is C16H23N5O5S. The van der Waals surface area contributed by atoms with Gasteiger partial charge in [-0.25, -0.2) is 17.7 Å². The van der Waals surface area contributed by atoms with Gasteiger partial charge in [0.1, 0.15) is 5.69 Å². The lowest BCUT2D eigenvalue weighted by molar-refractivity contribution is -0.131. The number of hydrogen-bond donors (Lipinski definition) is 1. The maximum absolute atomic E-state index is 12.8.